The van der Waals surface area contributed by atoms with Crippen LogP contribution in [0.2, 0.25) is 0 Å². The van der Waals surface area contributed by atoms with Crippen LogP contribution < -0.4 is 51.4 Å². The van der Waals surface area contributed by atoms with Gasteiger partial charge < -0.3 is 11.6 Å². The molecule has 0 fully saturated rings. The maximum absolute atomic E-state index is 9.10. The molecule has 8 heavy (non-hydrogen) atoms. The molecule has 2 N–H and O–H groups in total. The molecule has 0 radical (unpaired) electrons. The number of rotatable bonds is 0. The molecule has 0 aromatic carbocycles. The standard InChI is InChI=1S/C2H2O4.K.Pt.H/c3-1(4)2(5)6;;;/h(H,3,4)(H,5,6);;;/q;+1;;-1. The molecule has 0 atom stereocenters. The topological polar surface area (TPSA) is 74.6 Å². The SMILES string of the molecule is O=C(O)C(=O)O.[H-].[K+].[Pt]. The zero-order valence-electron chi connectivity index (χ0n) is 5.03. The average Bonchev–Trinajstić information content (AvgIpc) is 1.36. The Balaban J connectivity index is -0.0000000417. The van der Waals surface area contributed by atoms with Gasteiger partial charge in [-0.2, -0.15) is 0 Å². The van der Waals surface area contributed by atoms with Crippen LogP contribution in [-0.2, 0) is 30.7 Å². The fourth-order valence-electron chi connectivity index (χ4n) is 0. The molecule has 0 unspecified atom stereocenters. The first-order chi connectivity index (χ1) is 2.64. The van der Waals surface area contributed by atoms with Gasteiger partial charge in [-0.1, -0.05) is 0 Å². The number of carbonyl (C=O) groups is 2. The average molecular weight is 325 g/mol. The predicted octanol–water partition coefficient (Wildman–Crippen LogP) is -3.73. The van der Waals surface area contributed by atoms with E-state index in [1.807, 2.05) is 0 Å². The second-order valence-electron chi connectivity index (χ2n) is 0.610. The van der Waals surface area contributed by atoms with Gasteiger partial charge in [-0.25, -0.2) is 9.59 Å². The van der Waals surface area contributed by atoms with E-state index in [0.717, 1.165) is 0 Å². The summed E-state index contributed by atoms with van der Waals surface area (Å²) in [7, 11) is 0. The van der Waals surface area contributed by atoms with E-state index in [0.29, 0.717) is 0 Å². The molecule has 0 saturated heterocycles. The molecular weight excluding hydrogens is 322 g/mol. The molecule has 0 aromatic heterocycles. The fourth-order valence-corrected chi connectivity index (χ4v) is 0. The van der Waals surface area contributed by atoms with E-state index in [1.54, 1.807) is 0 Å². The van der Waals surface area contributed by atoms with Crippen molar-refractivity contribution >= 4 is 11.9 Å². The summed E-state index contributed by atoms with van der Waals surface area (Å²) in [6, 6.07) is 0. The van der Waals surface area contributed by atoms with Crippen LogP contribution >= 0.6 is 0 Å². The third-order valence-electron chi connectivity index (χ3n) is 0.183. The zero-order valence-corrected chi connectivity index (χ0v) is 9.42. The molecule has 0 aliphatic carbocycles. The van der Waals surface area contributed by atoms with Gasteiger partial charge in [-0.15, -0.1) is 0 Å². The molecule has 0 aliphatic rings. The first-order valence-electron chi connectivity index (χ1n) is 1.11. The van der Waals surface area contributed by atoms with E-state index in [9.17, 15) is 0 Å². The summed E-state index contributed by atoms with van der Waals surface area (Å²) in [5.74, 6) is -3.65. The number of aliphatic carboxylic acids is 2. The van der Waals surface area contributed by atoms with Crippen molar-refractivity contribution in [1.82, 2.24) is 0 Å². The Labute approximate surface area is 104 Å². The molecule has 0 spiro atoms. The van der Waals surface area contributed by atoms with Gasteiger partial charge in [0.15, 0.2) is 0 Å². The van der Waals surface area contributed by atoms with E-state index in [-0.39, 0.29) is 73.9 Å². The monoisotopic (exact) mass is 325 g/mol. The van der Waals surface area contributed by atoms with Gasteiger partial charge in [0.1, 0.15) is 0 Å². The molecular formula is C2H3KO4Pt. The van der Waals surface area contributed by atoms with Crippen molar-refractivity contribution in [1.29, 1.82) is 0 Å². The molecule has 4 nitrogen and oxygen atoms in total. The Morgan fingerprint density at radius 2 is 1.25 bits per heavy atom. The van der Waals surface area contributed by atoms with Crippen LogP contribution in [0.4, 0.5) is 0 Å². The number of carboxylic acids is 2. The van der Waals surface area contributed by atoms with Crippen LogP contribution in [0.15, 0.2) is 0 Å². The summed E-state index contributed by atoms with van der Waals surface area (Å²) in [4.78, 5) is 18.2. The summed E-state index contributed by atoms with van der Waals surface area (Å²) in [5, 5.41) is 14.8. The van der Waals surface area contributed by atoms with Crippen molar-refractivity contribution in [3.8, 4) is 0 Å². The molecule has 0 aromatic rings. The summed E-state index contributed by atoms with van der Waals surface area (Å²) in [6.07, 6.45) is 0. The van der Waals surface area contributed by atoms with Crippen LogP contribution in [0.25, 0.3) is 0 Å². The van der Waals surface area contributed by atoms with Gasteiger partial charge in [-0.3, -0.25) is 0 Å². The predicted molar refractivity (Wildman–Crippen MR) is 16.4 cm³/mol. The van der Waals surface area contributed by atoms with Gasteiger partial charge in [0, 0.05) is 21.1 Å². The van der Waals surface area contributed by atoms with Crippen molar-refractivity contribution in [2.75, 3.05) is 0 Å². The van der Waals surface area contributed by atoms with Crippen molar-refractivity contribution in [2.45, 2.75) is 0 Å². The minimum absolute atomic E-state index is 0. The Bertz CT molecular complexity index is 84.6. The molecule has 0 saturated carbocycles. The fraction of sp³-hybridized carbons (Fsp3) is 0. The molecule has 0 aliphatic heterocycles. The smallest absolute Gasteiger partial charge is 1.00 e. The maximum atomic E-state index is 9.10. The number of carboxylic acid groups (broad SMARTS) is 2. The summed E-state index contributed by atoms with van der Waals surface area (Å²) < 4.78 is 0. The Kier molecular flexibility index (Phi) is 16.7. The normalized spacial score (nSPS) is 5.50. The molecule has 6 heteroatoms. The van der Waals surface area contributed by atoms with Gasteiger partial charge in [0.2, 0.25) is 0 Å². The van der Waals surface area contributed by atoms with Crippen LogP contribution in [-0.4, -0.2) is 22.2 Å². The molecule has 46 valence electrons. The van der Waals surface area contributed by atoms with Crippen molar-refractivity contribution in [2.24, 2.45) is 0 Å². The van der Waals surface area contributed by atoms with Gasteiger partial charge >= 0.3 is 63.3 Å². The number of hydrogen-bond donors (Lipinski definition) is 2. The Morgan fingerprint density at radius 3 is 1.25 bits per heavy atom. The first-order valence-corrected chi connectivity index (χ1v) is 1.11. The molecule has 0 rings (SSSR count). The van der Waals surface area contributed by atoms with E-state index in [2.05, 4.69) is 0 Å². The van der Waals surface area contributed by atoms with Crippen molar-refractivity contribution in [3.63, 3.8) is 0 Å². The van der Waals surface area contributed by atoms with Crippen LogP contribution in [0, 0.1) is 0 Å². The Hall–Kier alpha value is 1.26. The molecule has 0 amide bonds. The van der Waals surface area contributed by atoms with Crippen LogP contribution in [0.5, 0.6) is 0 Å². The van der Waals surface area contributed by atoms with Gasteiger partial charge in [-0.05, 0) is 0 Å². The minimum Gasteiger partial charge on any atom is -1.00 e. The zero-order chi connectivity index (χ0) is 5.15. The van der Waals surface area contributed by atoms with Crippen molar-refractivity contribution < 1.29 is 93.7 Å². The second kappa shape index (κ2) is 8.26. The summed E-state index contributed by atoms with van der Waals surface area (Å²) in [5.41, 5.74) is 0. The summed E-state index contributed by atoms with van der Waals surface area (Å²) in [6.45, 7) is 0. The molecule has 0 heterocycles. The Morgan fingerprint density at radius 1 is 1.12 bits per heavy atom. The van der Waals surface area contributed by atoms with Gasteiger partial charge in [0.05, 0.1) is 0 Å². The number of hydrogen-bond acceptors (Lipinski definition) is 2. The quantitative estimate of drug-likeness (QED) is 0.355. The molecule has 0 bridgehead atoms. The van der Waals surface area contributed by atoms with E-state index in [4.69, 9.17) is 19.8 Å². The first kappa shape index (κ1) is 16.1. The van der Waals surface area contributed by atoms with E-state index >= 15 is 0 Å². The largest absolute Gasteiger partial charge is 1.00 e. The van der Waals surface area contributed by atoms with Crippen LogP contribution in [0.3, 0.4) is 0 Å². The second-order valence-corrected chi connectivity index (χ2v) is 0.610. The summed E-state index contributed by atoms with van der Waals surface area (Å²) >= 11 is 0. The van der Waals surface area contributed by atoms with Crippen LogP contribution in [0.1, 0.15) is 1.43 Å². The third-order valence-corrected chi connectivity index (χ3v) is 0.183. The van der Waals surface area contributed by atoms with Gasteiger partial charge in [0.25, 0.3) is 0 Å². The third kappa shape index (κ3) is 10.3. The van der Waals surface area contributed by atoms with E-state index < -0.39 is 11.9 Å². The minimum atomic E-state index is -1.82. The van der Waals surface area contributed by atoms with Crippen molar-refractivity contribution in [3.05, 3.63) is 0 Å². The van der Waals surface area contributed by atoms with E-state index in [1.165, 1.54) is 0 Å². The maximum Gasteiger partial charge on any atom is 1.00 e.